The molecule has 0 amide bonds. The molecule has 0 saturated carbocycles. The Bertz CT molecular complexity index is 671. The van der Waals surface area contributed by atoms with E-state index in [1.165, 1.54) is 0 Å². The van der Waals surface area contributed by atoms with Gasteiger partial charge in [0.15, 0.2) is 0 Å². The topological polar surface area (TPSA) is 76.1 Å². The summed E-state index contributed by atoms with van der Waals surface area (Å²) in [6.07, 6.45) is 9.40. The summed E-state index contributed by atoms with van der Waals surface area (Å²) < 4.78 is 6.10. The van der Waals surface area contributed by atoms with Crippen LogP contribution in [0.15, 0.2) is 30.9 Å². The van der Waals surface area contributed by atoms with Gasteiger partial charge in [-0.2, -0.15) is 0 Å². The number of hydrogen-bond acceptors (Lipinski definition) is 7. The highest BCUT2D eigenvalue weighted by molar-refractivity contribution is 5.38. The van der Waals surface area contributed by atoms with Gasteiger partial charge in [0.05, 0.1) is 13.1 Å². The third-order valence-corrected chi connectivity index (χ3v) is 4.91. The molecule has 126 valence electrons. The number of aryl methyl sites for hydroxylation is 1. The first-order valence-corrected chi connectivity index (χ1v) is 8.44. The molecule has 1 atom stereocenters. The molecule has 0 bridgehead atoms. The number of rotatable bonds is 5. The van der Waals surface area contributed by atoms with Gasteiger partial charge < -0.3 is 15.0 Å². The number of ether oxygens (including phenoxy) is 1. The maximum Gasteiger partial charge on any atom is 0.225 e. The summed E-state index contributed by atoms with van der Waals surface area (Å²) in [6, 6.07) is 1.84. The first-order valence-electron chi connectivity index (χ1n) is 8.44. The Balaban J connectivity index is 1.30. The van der Waals surface area contributed by atoms with Gasteiger partial charge in [-0.15, -0.1) is 0 Å². The largest absolute Gasteiger partial charge is 0.371 e. The Kier molecular flexibility index (Phi) is 4.02. The molecule has 0 aliphatic carbocycles. The van der Waals surface area contributed by atoms with Crippen molar-refractivity contribution in [2.24, 2.45) is 5.92 Å². The van der Waals surface area contributed by atoms with Gasteiger partial charge in [-0.05, 0) is 37.3 Å². The van der Waals surface area contributed by atoms with E-state index in [9.17, 15) is 0 Å². The van der Waals surface area contributed by atoms with Crippen molar-refractivity contribution in [1.82, 2.24) is 19.9 Å². The van der Waals surface area contributed by atoms with E-state index in [0.717, 1.165) is 50.6 Å². The lowest BCUT2D eigenvalue weighted by Gasteiger charge is -2.50. The molecular weight excluding hydrogens is 304 g/mol. The fraction of sp³-hybridized carbons (Fsp3) is 0.529. The lowest BCUT2D eigenvalue weighted by Crippen LogP contribution is -2.65. The number of aromatic nitrogens is 4. The Morgan fingerprint density at radius 3 is 2.71 bits per heavy atom. The third-order valence-electron chi connectivity index (χ3n) is 4.91. The second kappa shape index (κ2) is 6.32. The summed E-state index contributed by atoms with van der Waals surface area (Å²) in [6.45, 7) is 5.45. The van der Waals surface area contributed by atoms with Crippen LogP contribution >= 0.6 is 0 Å². The van der Waals surface area contributed by atoms with E-state index >= 15 is 0 Å². The van der Waals surface area contributed by atoms with Crippen LogP contribution in [0.3, 0.4) is 0 Å². The predicted octanol–water partition coefficient (Wildman–Crippen LogP) is 1.67. The van der Waals surface area contributed by atoms with Crippen molar-refractivity contribution in [3.63, 3.8) is 0 Å². The van der Waals surface area contributed by atoms with Gasteiger partial charge in [0.25, 0.3) is 0 Å². The van der Waals surface area contributed by atoms with Crippen LogP contribution in [0.5, 0.6) is 0 Å². The van der Waals surface area contributed by atoms with Gasteiger partial charge in [-0.3, -0.25) is 0 Å². The molecule has 7 heteroatoms. The Hall–Kier alpha value is -2.28. The van der Waals surface area contributed by atoms with Crippen molar-refractivity contribution in [2.75, 3.05) is 36.5 Å². The van der Waals surface area contributed by atoms with Gasteiger partial charge in [-0.1, -0.05) is 0 Å². The van der Waals surface area contributed by atoms with Crippen LogP contribution in [0.2, 0.25) is 0 Å². The minimum Gasteiger partial charge on any atom is -0.371 e. The molecule has 2 aliphatic heterocycles. The number of anilines is 2. The van der Waals surface area contributed by atoms with Gasteiger partial charge >= 0.3 is 0 Å². The highest BCUT2D eigenvalue weighted by atomic mass is 16.5. The van der Waals surface area contributed by atoms with E-state index in [1.54, 1.807) is 12.4 Å². The number of nitrogens with zero attached hydrogens (tertiary/aromatic N) is 5. The first-order chi connectivity index (χ1) is 11.8. The summed E-state index contributed by atoms with van der Waals surface area (Å²) >= 11 is 0. The minimum atomic E-state index is -0.0327. The molecule has 2 saturated heterocycles. The highest BCUT2D eigenvalue weighted by Crippen LogP contribution is 2.42. The van der Waals surface area contributed by atoms with Crippen LogP contribution in [0.25, 0.3) is 0 Å². The van der Waals surface area contributed by atoms with E-state index in [1.807, 2.05) is 25.4 Å². The molecule has 0 radical (unpaired) electrons. The van der Waals surface area contributed by atoms with Crippen LogP contribution in [-0.2, 0) is 4.74 Å². The van der Waals surface area contributed by atoms with Crippen LogP contribution in [0.1, 0.15) is 18.4 Å². The minimum absolute atomic E-state index is 0.0327. The molecule has 24 heavy (non-hydrogen) atoms. The zero-order valence-electron chi connectivity index (χ0n) is 13.9. The molecule has 2 aromatic rings. The Labute approximate surface area is 141 Å². The normalized spacial score (nSPS) is 21.7. The molecular formula is C17H22N6O. The van der Waals surface area contributed by atoms with Gasteiger partial charge in [0.1, 0.15) is 5.60 Å². The van der Waals surface area contributed by atoms with E-state index in [0.29, 0.717) is 11.9 Å². The van der Waals surface area contributed by atoms with Gasteiger partial charge in [0.2, 0.25) is 11.9 Å². The van der Waals surface area contributed by atoms with Gasteiger partial charge in [0, 0.05) is 37.9 Å². The molecule has 2 aliphatic rings. The second-order valence-corrected chi connectivity index (χ2v) is 6.60. The van der Waals surface area contributed by atoms with Crippen molar-refractivity contribution in [1.29, 1.82) is 0 Å². The molecule has 2 aromatic heterocycles. The van der Waals surface area contributed by atoms with Crippen molar-refractivity contribution in [3.05, 3.63) is 36.4 Å². The predicted molar refractivity (Wildman–Crippen MR) is 90.9 cm³/mol. The lowest BCUT2D eigenvalue weighted by atomic mass is 9.79. The number of nitrogens with one attached hydrogen (secondary N) is 1. The monoisotopic (exact) mass is 326 g/mol. The highest BCUT2D eigenvalue weighted by Gasteiger charge is 2.53. The quantitative estimate of drug-likeness (QED) is 0.895. The van der Waals surface area contributed by atoms with E-state index in [4.69, 9.17) is 4.74 Å². The van der Waals surface area contributed by atoms with Gasteiger partial charge in [-0.25, -0.2) is 19.9 Å². The Morgan fingerprint density at radius 1 is 1.21 bits per heavy atom. The fourth-order valence-electron chi connectivity index (χ4n) is 3.58. The Morgan fingerprint density at radius 2 is 1.96 bits per heavy atom. The molecule has 0 aromatic carbocycles. The maximum atomic E-state index is 6.10. The van der Waals surface area contributed by atoms with Crippen molar-refractivity contribution >= 4 is 11.9 Å². The van der Waals surface area contributed by atoms with E-state index < -0.39 is 0 Å². The molecule has 4 heterocycles. The average Bonchev–Trinajstić information content (AvgIpc) is 3.00. The number of hydrogen-bond donors (Lipinski definition) is 1. The van der Waals surface area contributed by atoms with Crippen LogP contribution < -0.4 is 10.2 Å². The van der Waals surface area contributed by atoms with Crippen molar-refractivity contribution in [2.45, 2.75) is 25.4 Å². The van der Waals surface area contributed by atoms with Crippen LogP contribution in [0.4, 0.5) is 11.9 Å². The van der Waals surface area contributed by atoms with Crippen molar-refractivity contribution in [3.8, 4) is 0 Å². The van der Waals surface area contributed by atoms with Crippen LogP contribution in [0, 0.1) is 12.8 Å². The maximum absolute atomic E-state index is 6.10. The summed E-state index contributed by atoms with van der Waals surface area (Å²) in [5.41, 5.74) is 1.04. The molecule has 1 unspecified atom stereocenters. The molecule has 2 fully saturated rings. The lowest BCUT2D eigenvalue weighted by molar-refractivity contribution is -0.0454. The first kappa shape index (κ1) is 15.3. The molecule has 4 rings (SSSR count). The molecule has 1 spiro atoms. The third kappa shape index (κ3) is 2.91. The standard InChI is InChI=1S/C17H22N6O/c1-13-9-21-15(22-10-13)18-7-3-14-4-8-24-17(14)11-23(12-17)16-19-5-2-6-20-16/h2,5-6,9-10,14H,3-4,7-8,11-12H2,1H3,(H,18,21,22). The zero-order chi connectivity index (χ0) is 16.4. The van der Waals surface area contributed by atoms with E-state index in [2.05, 4.69) is 30.2 Å². The molecule has 7 nitrogen and oxygen atoms in total. The zero-order valence-corrected chi connectivity index (χ0v) is 13.9. The van der Waals surface area contributed by atoms with E-state index in [-0.39, 0.29) is 5.60 Å². The molecule has 1 N–H and O–H groups in total. The second-order valence-electron chi connectivity index (χ2n) is 6.60. The van der Waals surface area contributed by atoms with Crippen LogP contribution in [-0.4, -0.2) is 51.8 Å². The SMILES string of the molecule is Cc1cnc(NCCC2CCOC23CN(c2ncccn2)C3)nc1. The average molecular weight is 326 g/mol. The summed E-state index contributed by atoms with van der Waals surface area (Å²) in [4.78, 5) is 19.4. The fourth-order valence-corrected chi connectivity index (χ4v) is 3.58. The van der Waals surface area contributed by atoms with Crippen molar-refractivity contribution < 1.29 is 4.74 Å². The summed E-state index contributed by atoms with van der Waals surface area (Å²) in [7, 11) is 0. The summed E-state index contributed by atoms with van der Waals surface area (Å²) in [5, 5.41) is 3.31. The summed E-state index contributed by atoms with van der Waals surface area (Å²) in [5.74, 6) is 2.04. The smallest absolute Gasteiger partial charge is 0.225 e.